The lowest BCUT2D eigenvalue weighted by atomic mass is 10.00. The van der Waals surface area contributed by atoms with E-state index < -0.39 is 0 Å². The van der Waals surface area contributed by atoms with Crippen LogP contribution in [0.5, 0.6) is 0 Å². The van der Waals surface area contributed by atoms with Crippen LogP contribution in [0.2, 0.25) is 0 Å². The molecule has 20 aromatic rings. The molecule has 0 aliphatic carbocycles. The van der Waals surface area contributed by atoms with Gasteiger partial charge in [-0.05, 0) is 108 Å². The summed E-state index contributed by atoms with van der Waals surface area (Å²) in [6.07, 6.45) is 0. The van der Waals surface area contributed by atoms with E-state index in [1.165, 1.54) is 75.7 Å². The third-order valence-corrected chi connectivity index (χ3v) is 19.4. The van der Waals surface area contributed by atoms with Gasteiger partial charge < -0.3 is 9.13 Å². The van der Waals surface area contributed by atoms with E-state index in [4.69, 9.17) is 29.9 Å². The zero-order valence-electron chi connectivity index (χ0n) is 54.1. The zero-order valence-corrected chi connectivity index (χ0v) is 54.1. The van der Waals surface area contributed by atoms with E-state index >= 15 is 0 Å². The molecule has 0 N–H and O–H groups in total. The first-order valence-corrected chi connectivity index (χ1v) is 33.8. The van der Waals surface area contributed by atoms with Crippen molar-refractivity contribution in [2.45, 2.75) is 0 Å². The summed E-state index contributed by atoms with van der Waals surface area (Å²) in [5.41, 5.74) is 14.7. The molecule has 0 aliphatic heterocycles. The maximum Gasteiger partial charge on any atom is 0.164 e. The summed E-state index contributed by atoms with van der Waals surface area (Å²) in [6, 6.07) is 124. The Bertz CT molecular complexity index is 6270. The molecule has 8 heteroatoms. The van der Waals surface area contributed by atoms with Gasteiger partial charge in [-0.15, -0.1) is 0 Å². The van der Waals surface area contributed by atoms with Gasteiger partial charge in [0.1, 0.15) is 0 Å². The van der Waals surface area contributed by atoms with E-state index in [-0.39, 0.29) is 0 Å². The zero-order chi connectivity index (χ0) is 66.0. The molecule has 0 radical (unpaired) electrons. The highest BCUT2D eigenvalue weighted by Gasteiger charge is 2.23. The van der Waals surface area contributed by atoms with Gasteiger partial charge in [0.15, 0.2) is 34.9 Å². The molecule has 0 unspecified atom stereocenters. The molecule has 16 aromatic carbocycles. The lowest BCUT2D eigenvalue weighted by Crippen LogP contribution is -2.01. The predicted octanol–water partition coefficient (Wildman–Crippen LogP) is 23.4. The van der Waals surface area contributed by atoms with Gasteiger partial charge in [0, 0.05) is 66.0 Å². The number of nitrogens with zero attached hydrogens (tertiary/aromatic N) is 8. The minimum atomic E-state index is 0.624. The third kappa shape index (κ3) is 10.0. The Kier molecular flexibility index (Phi) is 14.0. The molecule has 0 saturated heterocycles. The van der Waals surface area contributed by atoms with Crippen LogP contribution >= 0.6 is 0 Å². The van der Waals surface area contributed by atoms with Crippen LogP contribution in [0.25, 0.3) is 188 Å². The summed E-state index contributed by atoms with van der Waals surface area (Å²) >= 11 is 0. The predicted molar refractivity (Wildman–Crippen MR) is 414 cm³/mol. The number of fused-ring (bicyclic) bond motifs is 15. The van der Waals surface area contributed by atoms with Crippen LogP contribution in [-0.2, 0) is 0 Å². The van der Waals surface area contributed by atoms with E-state index in [9.17, 15) is 0 Å². The quantitative estimate of drug-likeness (QED) is 0.143. The summed E-state index contributed by atoms with van der Waals surface area (Å²) in [5, 5.41) is 17.2. The van der Waals surface area contributed by atoms with E-state index in [0.29, 0.717) is 34.9 Å². The Hall–Kier alpha value is -13.6. The standard InChI is InChI=1S/C47H30N4.C45H28N4/c1-4-14-31(15-5-1)36-28-37(47-49-45(34-18-6-2-7-19-34)48-46(50-47)35-20-8-3-9-21-35)30-38(29-36)51-41-26-24-32-16-10-12-22-39(32)43(41)44-40-23-13-11-17-33(40)25-27-42(44)51;1-3-15-31(16-4-1)43-46-44(32-17-5-2-6-18-32)48-45(47-43)37-23-11-22-36-35(37)21-12-24-38(36)49-39-27-25-29-13-7-9-19-33(29)41(39)42-34-20-10-8-14-30(34)26-28-40(42)49/h1-30H;1-28H. The van der Waals surface area contributed by atoms with Crippen LogP contribution in [-0.4, -0.2) is 39.0 Å². The van der Waals surface area contributed by atoms with Crippen LogP contribution < -0.4 is 0 Å². The number of aromatic nitrogens is 8. The average molecular weight is 1280 g/mol. The summed E-state index contributed by atoms with van der Waals surface area (Å²) in [5.74, 6) is 3.85. The Labute approximate surface area is 575 Å². The second kappa shape index (κ2) is 24.3. The molecule has 0 bridgehead atoms. The van der Waals surface area contributed by atoms with Crippen LogP contribution in [0.4, 0.5) is 0 Å². The first-order valence-electron chi connectivity index (χ1n) is 33.8. The Balaban J connectivity index is 0.000000139. The second-order valence-corrected chi connectivity index (χ2v) is 25.3. The monoisotopic (exact) mass is 1270 g/mol. The first kappa shape index (κ1) is 57.9. The van der Waals surface area contributed by atoms with E-state index in [0.717, 1.165) is 77.7 Å². The normalized spacial score (nSPS) is 11.6. The van der Waals surface area contributed by atoms with Crippen LogP contribution in [0.3, 0.4) is 0 Å². The highest BCUT2D eigenvalue weighted by atomic mass is 15.1. The molecule has 0 spiro atoms. The maximum atomic E-state index is 5.13. The maximum absolute atomic E-state index is 5.13. The van der Waals surface area contributed by atoms with Crippen molar-refractivity contribution in [1.29, 1.82) is 0 Å². The molecular weight excluding hydrogens is 1220 g/mol. The largest absolute Gasteiger partial charge is 0.309 e. The second-order valence-electron chi connectivity index (χ2n) is 25.3. The van der Waals surface area contributed by atoms with Gasteiger partial charge in [0.05, 0.1) is 27.8 Å². The fourth-order valence-corrected chi connectivity index (χ4v) is 14.9. The minimum absolute atomic E-state index is 0.624. The molecule has 0 fully saturated rings. The highest BCUT2D eigenvalue weighted by Crippen LogP contribution is 2.45. The van der Waals surface area contributed by atoms with Crippen molar-refractivity contribution in [2.24, 2.45) is 0 Å². The van der Waals surface area contributed by atoms with Crippen molar-refractivity contribution in [3.05, 3.63) is 352 Å². The SMILES string of the molecule is c1ccc(-c2cc(-c3nc(-c4ccccc4)nc(-c4ccccc4)n3)cc(-n3c4ccc5ccccc5c4c4c5ccccc5ccc43)c2)cc1.c1ccc(-c2nc(-c3ccccc3)nc(-c3cccc4c(-n5c6ccc7ccccc7c6c6c7ccccc7ccc65)cccc34)n2)cc1. The molecule has 466 valence electrons. The van der Waals surface area contributed by atoms with Crippen molar-refractivity contribution in [1.82, 2.24) is 39.0 Å². The molecule has 0 amide bonds. The van der Waals surface area contributed by atoms with Crippen LogP contribution in [0, 0.1) is 0 Å². The van der Waals surface area contributed by atoms with Crippen molar-refractivity contribution >= 4 is 97.5 Å². The van der Waals surface area contributed by atoms with Crippen LogP contribution in [0.1, 0.15) is 0 Å². The lowest BCUT2D eigenvalue weighted by molar-refractivity contribution is 1.07. The number of rotatable bonds is 9. The third-order valence-electron chi connectivity index (χ3n) is 19.4. The minimum Gasteiger partial charge on any atom is -0.309 e. The fourth-order valence-electron chi connectivity index (χ4n) is 14.9. The molecular formula is C92H58N8. The lowest BCUT2D eigenvalue weighted by Gasteiger charge is -2.14. The van der Waals surface area contributed by atoms with Gasteiger partial charge in [-0.1, -0.05) is 303 Å². The van der Waals surface area contributed by atoms with Gasteiger partial charge in [-0.3, -0.25) is 0 Å². The number of hydrogen-bond donors (Lipinski definition) is 0. The molecule has 0 atom stereocenters. The first-order chi connectivity index (χ1) is 49.6. The fraction of sp³-hybridized carbons (Fsp3) is 0. The van der Waals surface area contributed by atoms with Crippen molar-refractivity contribution in [3.63, 3.8) is 0 Å². The Morgan fingerprint density at radius 1 is 0.180 bits per heavy atom. The van der Waals surface area contributed by atoms with E-state index in [2.05, 4.69) is 240 Å². The average Bonchev–Trinajstić information content (AvgIpc) is 1.56. The molecule has 8 nitrogen and oxygen atoms in total. The summed E-state index contributed by atoms with van der Waals surface area (Å²) in [7, 11) is 0. The molecule has 4 heterocycles. The highest BCUT2D eigenvalue weighted by molar-refractivity contribution is 6.30. The van der Waals surface area contributed by atoms with Crippen LogP contribution in [0.15, 0.2) is 352 Å². The molecule has 100 heavy (non-hydrogen) atoms. The molecule has 4 aromatic heterocycles. The van der Waals surface area contributed by atoms with Crippen molar-refractivity contribution < 1.29 is 0 Å². The summed E-state index contributed by atoms with van der Waals surface area (Å²) in [4.78, 5) is 30.3. The Morgan fingerprint density at radius 2 is 0.480 bits per heavy atom. The van der Waals surface area contributed by atoms with Gasteiger partial charge >= 0.3 is 0 Å². The van der Waals surface area contributed by atoms with E-state index in [1.807, 2.05) is 121 Å². The van der Waals surface area contributed by atoms with Gasteiger partial charge in [-0.2, -0.15) is 0 Å². The molecule has 20 rings (SSSR count). The van der Waals surface area contributed by atoms with Crippen molar-refractivity contribution in [3.8, 4) is 90.8 Å². The summed E-state index contributed by atoms with van der Waals surface area (Å²) < 4.78 is 4.85. The summed E-state index contributed by atoms with van der Waals surface area (Å²) in [6.45, 7) is 0. The topological polar surface area (TPSA) is 87.2 Å². The van der Waals surface area contributed by atoms with Gasteiger partial charge in [-0.25, -0.2) is 29.9 Å². The van der Waals surface area contributed by atoms with E-state index in [1.54, 1.807) is 0 Å². The molecule has 0 saturated carbocycles. The smallest absolute Gasteiger partial charge is 0.164 e. The number of benzene rings is 16. The van der Waals surface area contributed by atoms with Gasteiger partial charge in [0.25, 0.3) is 0 Å². The van der Waals surface area contributed by atoms with Gasteiger partial charge in [0.2, 0.25) is 0 Å². The number of hydrogen-bond acceptors (Lipinski definition) is 6. The Morgan fingerprint density at radius 3 is 0.880 bits per heavy atom. The molecule has 0 aliphatic rings. The van der Waals surface area contributed by atoms with Crippen molar-refractivity contribution in [2.75, 3.05) is 0 Å².